The molecule has 0 radical (unpaired) electrons. The zero-order chi connectivity index (χ0) is 13.2. The first kappa shape index (κ1) is 11.9. The number of nitrogens with zero attached hydrogens (tertiary/aromatic N) is 1. The predicted molar refractivity (Wildman–Crippen MR) is 81.7 cm³/mol. The van der Waals surface area contributed by atoms with Crippen LogP contribution >= 0.6 is 11.3 Å². The molecule has 94 valence electrons. The smallest absolute Gasteiger partial charge is 0.126 e. The summed E-state index contributed by atoms with van der Waals surface area (Å²) in [5.41, 5.74) is 3.10. The number of rotatable bonds is 3. The molecule has 0 unspecified atom stereocenters. The zero-order valence-electron chi connectivity index (χ0n) is 10.6. The minimum atomic E-state index is 0.826. The van der Waals surface area contributed by atoms with E-state index in [1.165, 1.54) is 4.70 Å². The Morgan fingerprint density at radius 1 is 1.21 bits per heavy atom. The van der Waals surface area contributed by atoms with Crippen LogP contribution < -0.4 is 4.74 Å². The van der Waals surface area contributed by atoms with Crippen LogP contribution in [0.2, 0.25) is 0 Å². The van der Waals surface area contributed by atoms with Crippen molar-refractivity contribution in [1.82, 2.24) is 4.98 Å². The van der Waals surface area contributed by atoms with E-state index in [0.717, 1.165) is 27.4 Å². The van der Waals surface area contributed by atoms with Crippen molar-refractivity contribution >= 4 is 27.6 Å². The number of hydrogen-bond acceptors (Lipinski definition) is 3. The number of benzene rings is 2. The third-order valence-electron chi connectivity index (χ3n) is 2.99. The van der Waals surface area contributed by atoms with E-state index in [0.29, 0.717) is 0 Å². The summed E-state index contributed by atoms with van der Waals surface area (Å²) in [6, 6.07) is 14.2. The Kier molecular flexibility index (Phi) is 3.05. The highest BCUT2D eigenvalue weighted by Gasteiger charge is 2.08. The van der Waals surface area contributed by atoms with Gasteiger partial charge in [-0.3, -0.25) is 0 Å². The molecule has 0 saturated heterocycles. The molecule has 0 N–H and O–H groups in total. The van der Waals surface area contributed by atoms with Gasteiger partial charge in [-0.25, -0.2) is 4.98 Å². The molecule has 0 aliphatic rings. The van der Waals surface area contributed by atoms with Gasteiger partial charge in [0.2, 0.25) is 0 Å². The molecule has 0 aliphatic heterocycles. The Hall–Kier alpha value is -2.13. The SMILES string of the molecule is C=Cc1ccc(-c2nc3ccccc3s2)cc1OC. The Morgan fingerprint density at radius 3 is 2.79 bits per heavy atom. The molecule has 19 heavy (non-hydrogen) atoms. The fourth-order valence-electron chi connectivity index (χ4n) is 2.01. The summed E-state index contributed by atoms with van der Waals surface area (Å²) in [4.78, 5) is 4.65. The lowest BCUT2D eigenvalue weighted by molar-refractivity contribution is 0.414. The van der Waals surface area contributed by atoms with Gasteiger partial charge in [0.25, 0.3) is 0 Å². The molecule has 0 fully saturated rings. The van der Waals surface area contributed by atoms with Crippen molar-refractivity contribution in [3.8, 4) is 16.3 Å². The number of fused-ring (bicyclic) bond motifs is 1. The van der Waals surface area contributed by atoms with E-state index in [9.17, 15) is 0 Å². The van der Waals surface area contributed by atoms with Crippen LogP contribution in [-0.2, 0) is 0 Å². The van der Waals surface area contributed by atoms with Crippen LogP contribution in [0, 0.1) is 0 Å². The first-order valence-corrected chi connectivity index (χ1v) is 6.80. The Labute approximate surface area is 116 Å². The average Bonchev–Trinajstić information content (AvgIpc) is 2.90. The van der Waals surface area contributed by atoms with Gasteiger partial charge in [0.15, 0.2) is 0 Å². The number of hydrogen-bond donors (Lipinski definition) is 0. The molecule has 0 aliphatic carbocycles. The molecule has 3 rings (SSSR count). The van der Waals surface area contributed by atoms with Crippen LogP contribution in [0.1, 0.15) is 5.56 Å². The molecule has 3 heteroatoms. The number of methoxy groups -OCH3 is 1. The van der Waals surface area contributed by atoms with Gasteiger partial charge < -0.3 is 4.74 Å². The van der Waals surface area contributed by atoms with Gasteiger partial charge in [-0.1, -0.05) is 36.9 Å². The van der Waals surface area contributed by atoms with Gasteiger partial charge in [0, 0.05) is 11.1 Å². The van der Waals surface area contributed by atoms with E-state index in [1.807, 2.05) is 30.3 Å². The second-order valence-corrected chi connectivity index (χ2v) is 5.18. The van der Waals surface area contributed by atoms with Crippen LogP contribution in [0.3, 0.4) is 0 Å². The lowest BCUT2D eigenvalue weighted by Crippen LogP contribution is -1.87. The van der Waals surface area contributed by atoms with Crippen molar-refractivity contribution in [2.45, 2.75) is 0 Å². The fourth-order valence-corrected chi connectivity index (χ4v) is 2.97. The van der Waals surface area contributed by atoms with Crippen molar-refractivity contribution in [3.63, 3.8) is 0 Å². The van der Waals surface area contributed by atoms with Gasteiger partial charge in [0.05, 0.1) is 17.3 Å². The summed E-state index contributed by atoms with van der Waals surface area (Å²) < 4.78 is 6.58. The number of thiazole rings is 1. The summed E-state index contributed by atoms with van der Waals surface area (Å²) in [6.07, 6.45) is 1.79. The topological polar surface area (TPSA) is 22.1 Å². The van der Waals surface area contributed by atoms with Gasteiger partial charge in [-0.2, -0.15) is 0 Å². The van der Waals surface area contributed by atoms with E-state index in [4.69, 9.17) is 4.74 Å². The van der Waals surface area contributed by atoms with Crippen LogP contribution in [0.25, 0.3) is 26.9 Å². The van der Waals surface area contributed by atoms with Gasteiger partial charge in [0.1, 0.15) is 10.8 Å². The molecule has 2 aromatic carbocycles. The molecular weight excluding hydrogens is 254 g/mol. The Morgan fingerprint density at radius 2 is 2.05 bits per heavy atom. The molecule has 0 spiro atoms. The molecule has 1 heterocycles. The second kappa shape index (κ2) is 4.86. The molecule has 0 bridgehead atoms. The normalized spacial score (nSPS) is 10.6. The number of aromatic nitrogens is 1. The van der Waals surface area contributed by atoms with E-state index >= 15 is 0 Å². The maximum absolute atomic E-state index is 5.38. The Bertz CT molecular complexity index is 712. The van der Waals surface area contributed by atoms with Gasteiger partial charge in [-0.05, 0) is 18.2 Å². The first-order chi connectivity index (χ1) is 9.31. The lowest BCUT2D eigenvalue weighted by Gasteiger charge is -2.06. The van der Waals surface area contributed by atoms with Crippen molar-refractivity contribution < 1.29 is 4.74 Å². The third-order valence-corrected chi connectivity index (χ3v) is 4.08. The summed E-state index contributed by atoms with van der Waals surface area (Å²) >= 11 is 1.69. The van der Waals surface area contributed by atoms with E-state index in [-0.39, 0.29) is 0 Å². The molecule has 2 nitrogen and oxygen atoms in total. The highest BCUT2D eigenvalue weighted by Crippen LogP contribution is 2.33. The summed E-state index contributed by atoms with van der Waals surface area (Å²) in [7, 11) is 1.67. The highest BCUT2D eigenvalue weighted by molar-refractivity contribution is 7.21. The van der Waals surface area contributed by atoms with Crippen molar-refractivity contribution in [1.29, 1.82) is 0 Å². The third kappa shape index (κ3) is 2.13. The number of para-hydroxylation sites is 1. The maximum atomic E-state index is 5.38. The second-order valence-electron chi connectivity index (χ2n) is 4.15. The van der Waals surface area contributed by atoms with Gasteiger partial charge in [-0.15, -0.1) is 11.3 Å². The van der Waals surface area contributed by atoms with Crippen LogP contribution in [0.5, 0.6) is 5.75 Å². The highest BCUT2D eigenvalue weighted by atomic mass is 32.1. The zero-order valence-corrected chi connectivity index (χ0v) is 11.4. The molecule has 0 amide bonds. The minimum absolute atomic E-state index is 0.826. The number of ether oxygens (including phenoxy) is 1. The van der Waals surface area contributed by atoms with Crippen molar-refractivity contribution in [3.05, 3.63) is 54.6 Å². The van der Waals surface area contributed by atoms with Gasteiger partial charge >= 0.3 is 0 Å². The van der Waals surface area contributed by atoms with Crippen LogP contribution in [0.15, 0.2) is 49.0 Å². The fraction of sp³-hybridized carbons (Fsp3) is 0.0625. The summed E-state index contributed by atoms with van der Waals surface area (Å²) in [6.45, 7) is 3.78. The lowest BCUT2D eigenvalue weighted by atomic mass is 10.1. The molecule has 3 aromatic rings. The molecule has 0 atom stereocenters. The maximum Gasteiger partial charge on any atom is 0.126 e. The largest absolute Gasteiger partial charge is 0.496 e. The summed E-state index contributed by atoms with van der Waals surface area (Å²) in [5, 5.41) is 1.01. The van der Waals surface area contributed by atoms with Crippen molar-refractivity contribution in [2.24, 2.45) is 0 Å². The monoisotopic (exact) mass is 267 g/mol. The Balaban J connectivity index is 2.13. The van der Waals surface area contributed by atoms with Crippen LogP contribution in [0.4, 0.5) is 0 Å². The predicted octanol–water partition coefficient (Wildman–Crippen LogP) is 4.61. The first-order valence-electron chi connectivity index (χ1n) is 5.98. The average molecular weight is 267 g/mol. The van der Waals surface area contributed by atoms with E-state index < -0.39 is 0 Å². The molecular formula is C16H13NOS. The minimum Gasteiger partial charge on any atom is -0.496 e. The van der Waals surface area contributed by atoms with E-state index in [1.54, 1.807) is 24.5 Å². The standard InChI is InChI=1S/C16H13NOS/c1-3-11-8-9-12(10-14(11)18-2)16-17-13-6-4-5-7-15(13)19-16/h3-10H,1H2,2H3. The molecule has 1 aromatic heterocycles. The van der Waals surface area contributed by atoms with Crippen molar-refractivity contribution in [2.75, 3.05) is 7.11 Å². The van der Waals surface area contributed by atoms with E-state index in [2.05, 4.69) is 23.7 Å². The molecule has 0 saturated carbocycles. The summed E-state index contributed by atoms with van der Waals surface area (Å²) in [5.74, 6) is 0.826. The van der Waals surface area contributed by atoms with Crippen LogP contribution in [-0.4, -0.2) is 12.1 Å². The quantitative estimate of drug-likeness (QED) is 0.691.